The second kappa shape index (κ2) is 12.7. The first-order chi connectivity index (χ1) is 21.5. The fourth-order valence-corrected chi connectivity index (χ4v) is 12.5. The van der Waals surface area contributed by atoms with Gasteiger partial charge in [-0.2, -0.15) is 0 Å². The maximum absolute atomic E-state index is 14.0. The normalized spacial score (nSPS) is 46.4. The highest BCUT2D eigenvalue weighted by Crippen LogP contribution is 2.51. The molecule has 0 aromatic rings. The highest BCUT2D eigenvalue weighted by Gasteiger charge is 2.52. The van der Waals surface area contributed by atoms with Gasteiger partial charge in [0, 0.05) is 0 Å². The molecular weight excluding hydrogens is 580 g/mol. The minimum atomic E-state index is -2.35. The van der Waals surface area contributed by atoms with Gasteiger partial charge < -0.3 is 19.3 Å². The van der Waals surface area contributed by atoms with Gasteiger partial charge in [-0.05, 0) is 170 Å². The topological polar surface area (TPSA) is 99.1 Å². The molecule has 6 saturated carbocycles. The average Bonchev–Trinajstić information content (AvgIpc) is 2.84. The molecule has 0 saturated heterocycles. The molecule has 1 N–H and O–H groups in total. The Kier molecular flexibility index (Phi) is 9.44. The van der Waals surface area contributed by atoms with Crippen molar-refractivity contribution < 1.29 is 33.7 Å². The molecule has 0 spiro atoms. The second-order valence-electron chi connectivity index (χ2n) is 18.9. The molecule has 6 aliphatic rings. The van der Waals surface area contributed by atoms with Gasteiger partial charge in [0.1, 0.15) is 16.8 Å². The summed E-state index contributed by atoms with van der Waals surface area (Å²) in [6, 6.07) is 0. The molecule has 7 nitrogen and oxygen atoms in total. The molecule has 6 atom stereocenters. The van der Waals surface area contributed by atoms with E-state index in [0.29, 0.717) is 53.3 Å². The number of hydrogen-bond acceptors (Lipinski definition) is 7. The van der Waals surface area contributed by atoms with E-state index in [1.807, 2.05) is 20.8 Å². The smallest absolute Gasteiger partial charge is 0.339 e. The molecule has 260 valence electrons. The average molecular weight is 643 g/mol. The van der Waals surface area contributed by atoms with Crippen molar-refractivity contribution in [2.24, 2.45) is 53.3 Å². The van der Waals surface area contributed by atoms with Crippen molar-refractivity contribution in [3.8, 4) is 0 Å². The van der Waals surface area contributed by atoms with Crippen molar-refractivity contribution in [2.75, 3.05) is 0 Å². The number of esters is 3. The zero-order valence-corrected chi connectivity index (χ0v) is 29.6. The van der Waals surface area contributed by atoms with Gasteiger partial charge in [-0.1, -0.05) is 20.8 Å². The third-order valence-corrected chi connectivity index (χ3v) is 13.1. The summed E-state index contributed by atoms with van der Waals surface area (Å²) in [5, 5.41) is 12.1. The van der Waals surface area contributed by atoms with Crippen LogP contribution in [-0.4, -0.2) is 45.4 Å². The third-order valence-electron chi connectivity index (χ3n) is 13.1. The Morgan fingerprint density at radius 2 is 0.783 bits per heavy atom. The van der Waals surface area contributed by atoms with E-state index in [1.54, 1.807) is 0 Å². The van der Waals surface area contributed by atoms with E-state index in [1.165, 1.54) is 12.8 Å². The predicted molar refractivity (Wildman–Crippen MR) is 175 cm³/mol. The fourth-order valence-electron chi connectivity index (χ4n) is 12.5. The molecule has 6 rings (SSSR count). The van der Waals surface area contributed by atoms with Gasteiger partial charge in [-0.3, -0.25) is 9.59 Å². The summed E-state index contributed by atoms with van der Waals surface area (Å²) in [5.41, 5.74) is -4.35. The molecule has 6 aliphatic carbocycles. The van der Waals surface area contributed by atoms with Crippen LogP contribution in [0.1, 0.15) is 151 Å². The lowest BCUT2D eigenvalue weighted by Gasteiger charge is -2.48. The van der Waals surface area contributed by atoms with Gasteiger partial charge in [0.15, 0.2) is 5.60 Å². The van der Waals surface area contributed by atoms with E-state index >= 15 is 0 Å². The first kappa shape index (κ1) is 34.2. The van der Waals surface area contributed by atoms with Crippen LogP contribution >= 0.6 is 0 Å². The van der Waals surface area contributed by atoms with Gasteiger partial charge >= 0.3 is 17.9 Å². The molecule has 0 heterocycles. The number of carbonyl (C=O) groups excluding carboxylic acids is 3. The molecule has 0 aromatic heterocycles. The molecular formula is C39H62O7. The van der Waals surface area contributed by atoms with Crippen LogP contribution in [0.5, 0.6) is 0 Å². The molecule has 6 unspecified atom stereocenters. The lowest BCUT2D eigenvalue weighted by Crippen LogP contribution is -2.52. The third kappa shape index (κ3) is 7.97. The zero-order chi connectivity index (χ0) is 33.1. The molecule has 6 fully saturated rings. The van der Waals surface area contributed by atoms with Crippen LogP contribution in [0.15, 0.2) is 0 Å². The van der Waals surface area contributed by atoms with Crippen molar-refractivity contribution in [1.82, 2.24) is 0 Å². The summed E-state index contributed by atoms with van der Waals surface area (Å²) in [4.78, 5) is 41.3. The highest BCUT2D eigenvalue weighted by atomic mass is 16.6. The number of aliphatic hydroxyl groups is 1. The van der Waals surface area contributed by atoms with E-state index in [2.05, 4.69) is 20.8 Å². The van der Waals surface area contributed by atoms with E-state index in [-0.39, 0.29) is 0 Å². The van der Waals surface area contributed by atoms with Crippen molar-refractivity contribution >= 4 is 17.9 Å². The van der Waals surface area contributed by atoms with Crippen molar-refractivity contribution in [1.29, 1.82) is 0 Å². The van der Waals surface area contributed by atoms with Gasteiger partial charge in [-0.25, -0.2) is 4.79 Å². The van der Waals surface area contributed by atoms with E-state index in [0.717, 1.165) is 83.5 Å². The summed E-state index contributed by atoms with van der Waals surface area (Å²) < 4.78 is 18.5. The van der Waals surface area contributed by atoms with Crippen LogP contribution in [0, 0.1) is 53.3 Å². The summed E-state index contributed by atoms with van der Waals surface area (Å²) in [5.74, 6) is 2.89. The molecule has 6 bridgehead atoms. The van der Waals surface area contributed by atoms with E-state index in [9.17, 15) is 19.5 Å². The van der Waals surface area contributed by atoms with Crippen LogP contribution in [-0.2, 0) is 28.6 Å². The lowest BCUT2D eigenvalue weighted by molar-refractivity contribution is -0.201. The fraction of sp³-hybridized carbons (Fsp3) is 0.923. The Bertz CT molecular complexity index is 1050. The second-order valence-corrected chi connectivity index (χ2v) is 18.9. The molecule has 0 amide bonds. The molecule has 0 radical (unpaired) electrons. The van der Waals surface area contributed by atoms with Crippen molar-refractivity contribution in [3.05, 3.63) is 0 Å². The first-order valence-corrected chi connectivity index (χ1v) is 18.9. The first-order valence-electron chi connectivity index (χ1n) is 18.9. The van der Waals surface area contributed by atoms with E-state index < -0.39 is 53.2 Å². The summed E-state index contributed by atoms with van der Waals surface area (Å²) in [7, 11) is 0. The van der Waals surface area contributed by atoms with Crippen LogP contribution in [0.25, 0.3) is 0 Å². The molecule has 0 aliphatic heterocycles. The van der Waals surface area contributed by atoms with Gasteiger partial charge in [0.05, 0.1) is 12.8 Å². The van der Waals surface area contributed by atoms with Gasteiger partial charge in [0.2, 0.25) is 0 Å². The number of ether oxygens (including phenoxy) is 3. The Labute approximate surface area is 277 Å². The van der Waals surface area contributed by atoms with Gasteiger partial charge in [0.25, 0.3) is 0 Å². The largest absolute Gasteiger partial charge is 0.459 e. The van der Waals surface area contributed by atoms with Crippen LogP contribution in [0.2, 0.25) is 0 Å². The maximum atomic E-state index is 14.0. The number of rotatable bonds is 8. The molecule has 0 aromatic carbocycles. The highest BCUT2D eigenvalue weighted by molar-refractivity contribution is 5.90. The minimum Gasteiger partial charge on any atom is -0.459 e. The standard InChI is InChI=1S/C39H62O7/c1-24-7-27-13-28(8-24)17-36(4,16-27)44-33(40)22-39(43,35(42)46-38(6)20-31-11-26(3)12-32(15-31)21-38)23-34(41)45-37(5)18-29-9-25(2)10-30(14-29)19-37/h24-32,43H,7-23H2,1-6H3. The zero-order valence-electron chi connectivity index (χ0n) is 29.6. The Morgan fingerprint density at radius 3 is 1.07 bits per heavy atom. The van der Waals surface area contributed by atoms with E-state index in [4.69, 9.17) is 14.2 Å². The molecule has 7 heteroatoms. The Balaban J connectivity index is 1.16. The molecule has 46 heavy (non-hydrogen) atoms. The van der Waals surface area contributed by atoms with Crippen LogP contribution < -0.4 is 0 Å². The summed E-state index contributed by atoms with van der Waals surface area (Å²) in [6.45, 7) is 12.9. The maximum Gasteiger partial charge on any atom is 0.339 e. The predicted octanol–water partition coefficient (Wildman–Crippen LogP) is 7.94. The minimum absolute atomic E-state index is 0.477. The quantitative estimate of drug-likeness (QED) is 0.212. The number of carbonyl (C=O) groups is 3. The summed E-state index contributed by atoms with van der Waals surface area (Å²) in [6.07, 6.45) is 13.8. The van der Waals surface area contributed by atoms with Crippen LogP contribution in [0.3, 0.4) is 0 Å². The summed E-state index contributed by atoms with van der Waals surface area (Å²) >= 11 is 0. The van der Waals surface area contributed by atoms with Crippen LogP contribution in [0.4, 0.5) is 0 Å². The lowest BCUT2D eigenvalue weighted by atomic mass is 9.63. The van der Waals surface area contributed by atoms with Gasteiger partial charge in [-0.15, -0.1) is 0 Å². The SMILES string of the molecule is CC1CC2CC(C1)CC(C)(OC(=O)CC(O)(CC(=O)OC1(C)CC3CC(C)CC(C3)C1)C(=O)OC1(C)CC3CC(C)CC(C3)C1)C2. The number of fused-ring (bicyclic) bond motifs is 6. The van der Waals surface area contributed by atoms with Crippen molar-refractivity contribution in [3.63, 3.8) is 0 Å². The Morgan fingerprint density at radius 1 is 0.522 bits per heavy atom. The Hall–Kier alpha value is -1.63. The van der Waals surface area contributed by atoms with Crippen molar-refractivity contribution in [2.45, 2.75) is 173 Å². The number of hydrogen-bond donors (Lipinski definition) is 1. The monoisotopic (exact) mass is 642 g/mol.